The second kappa shape index (κ2) is 5.85. The normalized spacial score (nSPS) is 10.3. The third-order valence-electron chi connectivity index (χ3n) is 3.05. The van der Waals surface area contributed by atoms with Crippen LogP contribution < -0.4 is 45.0 Å². The van der Waals surface area contributed by atoms with Crippen molar-refractivity contribution in [3.8, 4) is 5.75 Å². The fourth-order valence-electron chi connectivity index (χ4n) is 2.03. The van der Waals surface area contributed by atoms with Crippen molar-refractivity contribution in [2.45, 2.75) is 0 Å². The molecule has 100 valence electrons. The molecule has 3 rings (SSSR count). The number of ether oxygens (including phenoxy) is 1. The van der Waals surface area contributed by atoms with Crippen molar-refractivity contribution in [2.24, 2.45) is 0 Å². The van der Waals surface area contributed by atoms with E-state index < -0.39 is 5.97 Å². The minimum atomic E-state index is -1.34. The van der Waals surface area contributed by atoms with Gasteiger partial charge < -0.3 is 14.6 Å². The molecule has 0 N–H and O–H groups in total. The van der Waals surface area contributed by atoms with Gasteiger partial charge in [-0.1, -0.05) is 0 Å². The first kappa shape index (κ1) is 15.5. The number of aromatic nitrogens is 2. The molecule has 0 amide bonds. The van der Waals surface area contributed by atoms with Gasteiger partial charge in [0.15, 0.2) is 0 Å². The average Bonchev–Trinajstić information content (AvgIpc) is 2.47. The summed E-state index contributed by atoms with van der Waals surface area (Å²) in [6.07, 6.45) is 1.21. The third kappa shape index (κ3) is 2.65. The van der Waals surface area contributed by atoms with Crippen molar-refractivity contribution in [2.75, 3.05) is 7.11 Å². The molecule has 0 radical (unpaired) electrons. The fourth-order valence-corrected chi connectivity index (χ4v) is 2.03. The molecule has 0 bridgehead atoms. The van der Waals surface area contributed by atoms with Gasteiger partial charge in [0.25, 0.3) is 5.56 Å². The van der Waals surface area contributed by atoms with Crippen molar-refractivity contribution in [1.29, 1.82) is 0 Å². The maximum absolute atomic E-state index is 12.4. The van der Waals surface area contributed by atoms with E-state index in [1.807, 2.05) is 0 Å². The van der Waals surface area contributed by atoms with Gasteiger partial charge in [0.1, 0.15) is 11.4 Å². The number of fused-ring (bicyclic) bond motifs is 2. The summed E-state index contributed by atoms with van der Waals surface area (Å²) < 4.78 is 6.26. The second-order valence-electron chi connectivity index (χ2n) is 4.23. The Balaban J connectivity index is 0.00000161. The van der Waals surface area contributed by atoms with E-state index in [0.717, 1.165) is 0 Å². The summed E-state index contributed by atoms with van der Waals surface area (Å²) in [6.45, 7) is 0. The fraction of sp³-hybridized carbons (Fsp3) is 0.0714. The Bertz CT molecular complexity index is 904. The molecule has 6 nitrogen and oxygen atoms in total. The summed E-state index contributed by atoms with van der Waals surface area (Å²) in [5.41, 5.74) is 0.463. The van der Waals surface area contributed by atoms with Crippen molar-refractivity contribution >= 4 is 22.5 Å². The van der Waals surface area contributed by atoms with Gasteiger partial charge in [-0.25, -0.2) is 4.98 Å². The number of benzene rings is 1. The maximum Gasteiger partial charge on any atom is 1.00 e. The molecule has 0 saturated carbocycles. The molecule has 0 atom stereocenters. The Morgan fingerprint density at radius 2 is 2.05 bits per heavy atom. The maximum atomic E-state index is 12.4. The van der Waals surface area contributed by atoms with E-state index in [1.165, 1.54) is 29.8 Å². The quantitative estimate of drug-likeness (QED) is 0.377. The molecule has 21 heavy (non-hydrogen) atoms. The molecule has 3 aromatic rings. The van der Waals surface area contributed by atoms with E-state index in [2.05, 4.69) is 4.98 Å². The van der Waals surface area contributed by atoms with Gasteiger partial charge >= 0.3 is 29.6 Å². The molecule has 0 aliphatic carbocycles. The van der Waals surface area contributed by atoms with Gasteiger partial charge in [0, 0.05) is 11.8 Å². The summed E-state index contributed by atoms with van der Waals surface area (Å²) in [5, 5.41) is 11.2. The van der Waals surface area contributed by atoms with Crippen LogP contribution in [0, 0.1) is 0 Å². The zero-order chi connectivity index (χ0) is 14.3. The minimum absolute atomic E-state index is 0. The van der Waals surface area contributed by atoms with Crippen LogP contribution in [-0.2, 0) is 0 Å². The first-order chi connectivity index (χ1) is 9.60. The summed E-state index contributed by atoms with van der Waals surface area (Å²) in [6, 6.07) is 7.79. The molecule has 0 saturated heterocycles. The number of pyridine rings is 1. The van der Waals surface area contributed by atoms with Gasteiger partial charge in [0.2, 0.25) is 0 Å². The molecule has 1 aromatic carbocycles. The van der Waals surface area contributed by atoms with Crippen LogP contribution in [0.3, 0.4) is 0 Å². The number of carbonyl (C=O) groups is 1. The number of aromatic carboxylic acids is 1. The Morgan fingerprint density at radius 1 is 1.29 bits per heavy atom. The van der Waals surface area contributed by atoms with Crippen LogP contribution >= 0.6 is 0 Å². The number of hydrogen-bond donors (Lipinski definition) is 0. The van der Waals surface area contributed by atoms with Crippen molar-refractivity contribution < 1.29 is 44.2 Å². The van der Waals surface area contributed by atoms with Crippen molar-refractivity contribution in [3.63, 3.8) is 0 Å². The summed E-state index contributed by atoms with van der Waals surface area (Å²) >= 11 is 0. The van der Waals surface area contributed by atoms with Crippen LogP contribution in [-0.4, -0.2) is 22.5 Å². The minimum Gasteiger partial charge on any atom is -0.545 e. The Labute approximate surface area is 141 Å². The number of carboxylic acid groups (broad SMARTS) is 1. The number of carboxylic acids is 1. The van der Waals surface area contributed by atoms with Crippen molar-refractivity contribution in [3.05, 3.63) is 52.4 Å². The monoisotopic (exact) mass is 292 g/mol. The molecule has 0 aliphatic heterocycles. The predicted octanol–water partition coefficient (Wildman–Crippen LogP) is -2.78. The van der Waals surface area contributed by atoms with E-state index in [0.29, 0.717) is 22.3 Å². The zero-order valence-corrected chi connectivity index (χ0v) is 13.5. The average molecular weight is 292 g/mol. The molecule has 2 aromatic heterocycles. The van der Waals surface area contributed by atoms with E-state index in [9.17, 15) is 14.7 Å². The number of hydrogen-bond acceptors (Lipinski definition) is 5. The molecular weight excluding hydrogens is 283 g/mol. The van der Waals surface area contributed by atoms with E-state index in [1.54, 1.807) is 18.2 Å². The van der Waals surface area contributed by atoms with E-state index >= 15 is 0 Å². The van der Waals surface area contributed by atoms with Crippen LogP contribution in [0.15, 0.2) is 41.3 Å². The van der Waals surface area contributed by atoms with Crippen LogP contribution in [0.4, 0.5) is 0 Å². The van der Waals surface area contributed by atoms with Gasteiger partial charge in [-0.15, -0.1) is 0 Å². The number of methoxy groups -OCH3 is 1. The number of carbonyl (C=O) groups excluding carboxylic acids is 1. The summed E-state index contributed by atoms with van der Waals surface area (Å²) in [5.74, 6) is -0.808. The first-order valence-electron chi connectivity index (χ1n) is 5.81. The Kier molecular flexibility index (Phi) is 4.32. The first-order valence-corrected chi connectivity index (χ1v) is 5.81. The SMILES string of the molecule is COc1ccc2nc3ccc(C(=O)[O-])cn3c(=O)c2c1.[Na+]. The van der Waals surface area contributed by atoms with Gasteiger partial charge in [-0.3, -0.25) is 9.20 Å². The molecule has 0 spiro atoms. The van der Waals surface area contributed by atoms with Gasteiger partial charge in [0.05, 0.1) is 24.0 Å². The van der Waals surface area contributed by atoms with Crippen LogP contribution in [0.1, 0.15) is 10.4 Å². The largest absolute Gasteiger partial charge is 1.00 e. The second-order valence-corrected chi connectivity index (χ2v) is 4.23. The number of rotatable bonds is 2. The smallest absolute Gasteiger partial charge is 0.545 e. The number of nitrogens with zero attached hydrogens (tertiary/aromatic N) is 2. The Hall–Kier alpha value is -1.89. The van der Waals surface area contributed by atoms with Crippen LogP contribution in [0.2, 0.25) is 0 Å². The van der Waals surface area contributed by atoms with Crippen LogP contribution in [0.5, 0.6) is 5.75 Å². The molecule has 0 aliphatic rings. The third-order valence-corrected chi connectivity index (χ3v) is 3.05. The topological polar surface area (TPSA) is 83.7 Å². The Morgan fingerprint density at radius 3 is 2.71 bits per heavy atom. The van der Waals surface area contributed by atoms with Crippen LogP contribution in [0.25, 0.3) is 16.6 Å². The predicted molar refractivity (Wildman–Crippen MR) is 69.9 cm³/mol. The molecular formula is C14H9N2NaO4. The van der Waals surface area contributed by atoms with E-state index in [4.69, 9.17) is 4.74 Å². The zero-order valence-electron chi connectivity index (χ0n) is 11.5. The molecule has 0 unspecified atom stereocenters. The van der Waals surface area contributed by atoms with Gasteiger partial charge in [-0.05, 0) is 30.3 Å². The molecule has 0 fully saturated rings. The summed E-state index contributed by atoms with van der Waals surface area (Å²) in [4.78, 5) is 27.5. The van der Waals surface area contributed by atoms with Gasteiger partial charge in [-0.2, -0.15) is 0 Å². The molecule has 7 heteroatoms. The van der Waals surface area contributed by atoms with E-state index in [-0.39, 0.29) is 40.7 Å². The summed E-state index contributed by atoms with van der Waals surface area (Å²) in [7, 11) is 1.50. The van der Waals surface area contributed by atoms with Crippen molar-refractivity contribution in [1.82, 2.24) is 9.38 Å². The standard InChI is InChI=1S/C14H10N2O4.Na/c1-20-9-3-4-11-10(6-9)13(17)16-7-8(14(18)19)2-5-12(16)15-11;/h2-7H,1H3,(H,18,19);/q;+1/p-1. The molecule has 2 heterocycles.